The quantitative estimate of drug-likeness (QED) is 0.438. The van der Waals surface area contributed by atoms with Crippen molar-refractivity contribution in [3.8, 4) is 0 Å². The highest BCUT2D eigenvalue weighted by Gasteiger charge is 2.32. The smallest absolute Gasteiger partial charge is 0.416 e. The fourth-order valence-corrected chi connectivity index (χ4v) is 0.651. The lowest BCUT2D eigenvalue weighted by atomic mass is 10.2. The fourth-order valence-electron chi connectivity index (χ4n) is 0.651. The third kappa shape index (κ3) is 3.42. The standard InChI is InChI=1S/C8H8F3NO2/c1-3-5(8(9,10)11)4-6(12-2)7(13)14/h3-4H,2H2,1H3,(H,13,14)/b5-3+,6-4-. The molecular weight excluding hydrogens is 199 g/mol. The second kappa shape index (κ2) is 4.59. The maximum Gasteiger partial charge on any atom is 0.416 e. The lowest BCUT2D eigenvalue weighted by Crippen LogP contribution is -2.11. The fraction of sp³-hybridized carbons (Fsp3) is 0.250. The molecule has 0 aliphatic carbocycles. The minimum atomic E-state index is -4.58. The van der Waals surface area contributed by atoms with Gasteiger partial charge in [0.1, 0.15) is 5.70 Å². The van der Waals surface area contributed by atoms with E-state index in [-0.39, 0.29) is 0 Å². The molecule has 0 atom stereocenters. The van der Waals surface area contributed by atoms with Crippen molar-refractivity contribution in [1.82, 2.24) is 0 Å². The molecule has 0 aliphatic rings. The van der Waals surface area contributed by atoms with Gasteiger partial charge in [-0.15, -0.1) is 0 Å². The summed E-state index contributed by atoms with van der Waals surface area (Å²) in [5, 5.41) is 8.39. The van der Waals surface area contributed by atoms with Crippen molar-refractivity contribution >= 4 is 12.7 Å². The lowest BCUT2D eigenvalue weighted by Gasteiger charge is -2.06. The molecule has 0 aliphatic heterocycles. The second-order valence-corrected chi connectivity index (χ2v) is 2.23. The molecule has 14 heavy (non-hydrogen) atoms. The summed E-state index contributed by atoms with van der Waals surface area (Å²) in [6, 6.07) is 0. The highest BCUT2D eigenvalue weighted by Crippen LogP contribution is 2.27. The van der Waals surface area contributed by atoms with Crippen LogP contribution in [0.25, 0.3) is 0 Å². The summed E-state index contributed by atoms with van der Waals surface area (Å²) in [6.45, 7) is 4.01. The molecular formula is C8H8F3NO2. The molecule has 6 heteroatoms. The Labute approximate surface area is 78.3 Å². The van der Waals surface area contributed by atoms with Crippen molar-refractivity contribution in [3.05, 3.63) is 23.4 Å². The summed E-state index contributed by atoms with van der Waals surface area (Å²) in [6.07, 6.45) is -3.40. The van der Waals surface area contributed by atoms with E-state index in [0.29, 0.717) is 6.08 Å². The highest BCUT2D eigenvalue weighted by atomic mass is 19.4. The lowest BCUT2D eigenvalue weighted by molar-refractivity contribution is -0.132. The van der Waals surface area contributed by atoms with Gasteiger partial charge in [-0.05, 0) is 19.7 Å². The van der Waals surface area contributed by atoms with E-state index < -0.39 is 23.4 Å². The average molecular weight is 207 g/mol. The van der Waals surface area contributed by atoms with Crippen molar-refractivity contribution in [2.45, 2.75) is 13.1 Å². The second-order valence-electron chi connectivity index (χ2n) is 2.23. The molecule has 0 saturated carbocycles. The van der Waals surface area contributed by atoms with Crippen LogP contribution in [0, 0.1) is 0 Å². The van der Waals surface area contributed by atoms with Crippen LogP contribution >= 0.6 is 0 Å². The van der Waals surface area contributed by atoms with Gasteiger partial charge in [-0.1, -0.05) is 6.08 Å². The first-order chi connectivity index (χ1) is 6.32. The number of carboxylic acids is 1. The Bertz CT molecular complexity index is 302. The Morgan fingerprint density at radius 2 is 2.00 bits per heavy atom. The molecule has 0 spiro atoms. The van der Waals surface area contributed by atoms with Gasteiger partial charge in [-0.25, -0.2) is 4.79 Å². The third-order valence-corrected chi connectivity index (χ3v) is 1.32. The summed E-state index contributed by atoms with van der Waals surface area (Å²) >= 11 is 0. The maximum atomic E-state index is 12.1. The monoisotopic (exact) mass is 207 g/mol. The van der Waals surface area contributed by atoms with Crippen LogP contribution in [0.1, 0.15) is 6.92 Å². The molecule has 0 unspecified atom stereocenters. The number of hydrogen-bond acceptors (Lipinski definition) is 2. The predicted octanol–water partition coefficient (Wildman–Crippen LogP) is 2.16. The molecule has 0 aromatic carbocycles. The molecule has 0 aromatic rings. The highest BCUT2D eigenvalue weighted by molar-refractivity contribution is 5.87. The van der Waals surface area contributed by atoms with Gasteiger partial charge in [0.15, 0.2) is 0 Å². The number of rotatable bonds is 3. The minimum Gasteiger partial charge on any atom is -0.477 e. The third-order valence-electron chi connectivity index (χ3n) is 1.32. The van der Waals surface area contributed by atoms with E-state index in [1.807, 2.05) is 0 Å². The van der Waals surface area contributed by atoms with Crippen LogP contribution in [0.3, 0.4) is 0 Å². The molecule has 0 saturated heterocycles. The van der Waals surface area contributed by atoms with Crippen LogP contribution < -0.4 is 0 Å². The number of aliphatic carboxylic acids is 1. The van der Waals surface area contributed by atoms with E-state index in [1.165, 1.54) is 0 Å². The zero-order valence-electron chi connectivity index (χ0n) is 7.30. The summed E-state index contributed by atoms with van der Waals surface area (Å²) in [5.74, 6) is -1.55. The first-order valence-corrected chi connectivity index (χ1v) is 3.48. The van der Waals surface area contributed by atoms with Crippen molar-refractivity contribution in [2.24, 2.45) is 4.99 Å². The van der Waals surface area contributed by atoms with E-state index in [2.05, 4.69) is 11.7 Å². The van der Waals surface area contributed by atoms with Crippen LogP contribution in [-0.4, -0.2) is 24.0 Å². The van der Waals surface area contributed by atoms with Gasteiger partial charge in [-0.3, -0.25) is 4.99 Å². The van der Waals surface area contributed by atoms with Gasteiger partial charge in [0.2, 0.25) is 0 Å². The zero-order chi connectivity index (χ0) is 11.4. The van der Waals surface area contributed by atoms with Gasteiger partial charge < -0.3 is 5.11 Å². The Balaban J connectivity index is 5.12. The summed E-state index contributed by atoms with van der Waals surface area (Å²) in [4.78, 5) is 13.3. The molecule has 0 heterocycles. The van der Waals surface area contributed by atoms with Crippen LogP contribution in [0.4, 0.5) is 13.2 Å². The molecule has 0 radical (unpaired) electrons. The number of carbonyl (C=O) groups is 1. The topological polar surface area (TPSA) is 49.7 Å². The van der Waals surface area contributed by atoms with Crippen LogP contribution in [0.15, 0.2) is 28.4 Å². The number of alkyl halides is 3. The van der Waals surface area contributed by atoms with E-state index >= 15 is 0 Å². The van der Waals surface area contributed by atoms with Gasteiger partial charge in [0.25, 0.3) is 0 Å². The summed E-state index contributed by atoms with van der Waals surface area (Å²) in [7, 11) is 0. The van der Waals surface area contributed by atoms with Crippen LogP contribution in [0.5, 0.6) is 0 Å². The molecule has 0 amide bonds. The number of aliphatic imine (C=N–C) groups is 1. The number of carboxylic acid groups (broad SMARTS) is 1. The van der Waals surface area contributed by atoms with E-state index in [4.69, 9.17) is 5.11 Å². The van der Waals surface area contributed by atoms with Crippen molar-refractivity contribution in [3.63, 3.8) is 0 Å². The molecule has 78 valence electrons. The summed E-state index contributed by atoms with van der Waals surface area (Å²) in [5.41, 5.74) is -1.81. The van der Waals surface area contributed by atoms with Crippen LogP contribution in [0.2, 0.25) is 0 Å². The van der Waals surface area contributed by atoms with Gasteiger partial charge >= 0.3 is 12.1 Å². The number of nitrogens with zero attached hydrogens (tertiary/aromatic N) is 1. The van der Waals surface area contributed by atoms with E-state index in [1.54, 1.807) is 0 Å². The first kappa shape index (κ1) is 12.4. The van der Waals surface area contributed by atoms with Gasteiger partial charge in [-0.2, -0.15) is 13.2 Å². The molecule has 0 aromatic heterocycles. The molecule has 3 nitrogen and oxygen atoms in total. The van der Waals surface area contributed by atoms with Crippen molar-refractivity contribution in [1.29, 1.82) is 0 Å². The normalized spacial score (nSPS) is 14.0. The van der Waals surface area contributed by atoms with E-state index in [9.17, 15) is 18.0 Å². The van der Waals surface area contributed by atoms with E-state index in [0.717, 1.165) is 13.0 Å². The largest absolute Gasteiger partial charge is 0.477 e. The van der Waals surface area contributed by atoms with Crippen molar-refractivity contribution in [2.75, 3.05) is 0 Å². The molecule has 0 bridgehead atoms. The van der Waals surface area contributed by atoms with Gasteiger partial charge in [0, 0.05) is 0 Å². The Hall–Kier alpha value is -1.59. The molecule has 0 rings (SSSR count). The number of halogens is 3. The Morgan fingerprint density at radius 3 is 2.21 bits per heavy atom. The maximum absolute atomic E-state index is 12.1. The Kier molecular flexibility index (Phi) is 4.07. The van der Waals surface area contributed by atoms with Crippen molar-refractivity contribution < 1.29 is 23.1 Å². The predicted molar refractivity (Wildman–Crippen MR) is 45.1 cm³/mol. The van der Waals surface area contributed by atoms with Crippen LogP contribution in [-0.2, 0) is 4.79 Å². The number of hydrogen-bond donors (Lipinski definition) is 1. The molecule has 1 N–H and O–H groups in total. The zero-order valence-corrected chi connectivity index (χ0v) is 7.30. The number of allylic oxidation sites excluding steroid dienone is 3. The average Bonchev–Trinajstić information content (AvgIpc) is 2.03. The first-order valence-electron chi connectivity index (χ1n) is 3.48. The minimum absolute atomic E-state index is 0.426. The Morgan fingerprint density at radius 1 is 1.50 bits per heavy atom. The summed E-state index contributed by atoms with van der Waals surface area (Å²) < 4.78 is 36.3. The van der Waals surface area contributed by atoms with Gasteiger partial charge in [0.05, 0.1) is 5.57 Å². The molecule has 0 fully saturated rings. The SMILES string of the molecule is C=N/C(=C\C(=C/C)C(F)(F)F)C(=O)O.